The predicted octanol–water partition coefficient (Wildman–Crippen LogP) is 8.26. The number of benzene rings is 4. The lowest BCUT2D eigenvalue weighted by molar-refractivity contribution is 0.412. The molecular formula is C22HF15. The van der Waals surface area contributed by atoms with Crippen molar-refractivity contribution in [3.05, 3.63) is 93.3 Å². The molecule has 0 aliphatic heterocycles. The van der Waals surface area contributed by atoms with Crippen molar-refractivity contribution in [2.45, 2.75) is 0 Å². The van der Waals surface area contributed by atoms with Crippen LogP contribution in [0, 0.1) is 87.3 Å². The highest BCUT2D eigenvalue weighted by atomic mass is 19.2. The van der Waals surface area contributed by atoms with Crippen LogP contribution in [0.15, 0.2) is 6.07 Å². The molecular weight excluding hydrogens is 549 g/mol. The molecule has 4 aromatic carbocycles. The summed E-state index contributed by atoms with van der Waals surface area (Å²) in [6.45, 7) is 0. The van der Waals surface area contributed by atoms with Gasteiger partial charge < -0.3 is 0 Å². The monoisotopic (exact) mass is 550 g/mol. The minimum atomic E-state index is -2.97. The zero-order chi connectivity index (χ0) is 27.8. The molecule has 37 heavy (non-hydrogen) atoms. The third kappa shape index (κ3) is 3.43. The molecule has 0 heterocycles. The first kappa shape index (κ1) is 26.2. The van der Waals surface area contributed by atoms with Gasteiger partial charge in [0.1, 0.15) is 5.82 Å². The average molecular weight is 550 g/mol. The van der Waals surface area contributed by atoms with Crippen LogP contribution in [0.4, 0.5) is 65.9 Å². The van der Waals surface area contributed by atoms with Crippen LogP contribution in [0.2, 0.25) is 0 Å². The minimum absolute atomic E-state index is 0.441. The Bertz CT molecular complexity index is 1620. The highest BCUT2D eigenvalue weighted by Gasteiger charge is 2.37. The quantitative estimate of drug-likeness (QED) is 0.134. The Morgan fingerprint density at radius 3 is 0.865 bits per heavy atom. The van der Waals surface area contributed by atoms with Gasteiger partial charge in [-0.25, -0.2) is 65.9 Å². The third-order valence-corrected chi connectivity index (χ3v) is 5.21. The summed E-state index contributed by atoms with van der Waals surface area (Å²) in [4.78, 5) is 0. The van der Waals surface area contributed by atoms with Gasteiger partial charge in [0.2, 0.25) is 0 Å². The van der Waals surface area contributed by atoms with Crippen LogP contribution < -0.4 is 0 Å². The van der Waals surface area contributed by atoms with E-state index >= 15 is 0 Å². The van der Waals surface area contributed by atoms with E-state index in [4.69, 9.17) is 0 Å². The SMILES string of the molecule is Fc1cc(F)c(F)c(-c2c(F)c(F)c(-c3c(F)c(F)c4c(F)c(F)c(F)c(F)c4c3F)c(F)c2F)c1F. The van der Waals surface area contributed by atoms with Crippen LogP contribution >= 0.6 is 0 Å². The highest BCUT2D eigenvalue weighted by molar-refractivity contribution is 5.91. The summed E-state index contributed by atoms with van der Waals surface area (Å²) in [5, 5.41) is -4.51. The van der Waals surface area contributed by atoms with Gasteiger partial charge in [-0.1, -0.05) is 0 Å². The average Bonchev–Trinajstić information content (AvgIpc) is 2.85. The topological polar surface area (TPSA) is 0 Å². The van der Waals surface area contributed by atoms with Gasteiger partial charge in [-0.15, -0.1) is 0 Å². The second-order valence-corrected chi connectivity index (χ2v) is 7.17. The predicted molar refractivity (Wildman–Crippen MR) is 94.2 cm³/mol. The summed E-state index contributed by atoms with van der Waals surface area (Å²) in [5.74, 6) is -41.0. The van der Waals surface area contributed by atoms with E-state index in [9.17, 15) is 65.9 Å². The summed E-state index contributed by atoms with van der Waals surface area (Å²) in [5.41, 5.74) is -9.90. The van der Waals surface area contributed by atoms with Crippen molar-refractivity contribution >= 4 is 10.8 Å². The lowest BCUT2D eigenvalue weighted by Gasteiger charge is -2.17. The molecule has 0 aliphatic rings. The fraction of sp³-hybridized carbons (Fsp3) is 0. The molecule has 0 fully saturated rings. The van der Waals surface area contributed by atoms with Crippen LogP contribution in [-0.2, 0) is 0 Å². The molecule has 0 amide bonds. The molecule has 0 unspecified atom stereocenters. The van der Waals surface area contributed by atoms with Crippen molar-refractivity contribution in [3.8, 4) is 22.3 Å². The summed E-state index contributed by atoms with van der Waals surface area (Å²) in [6, 6.07) is -0.441. The number of hydrogen-bond acceptors (Lipinski definition) is 0. The van der Waals surface area contributed by atoms with Gasteiger partial charge in [-0.3, -0.25) is 0 Å². The Balaban J connectivity index is 2.19. The minimum Gasteiger partial charge on any atom is -0.205 e. The van der Waals surface area contributed by atoms with Crippen molar-refractivity contribution in [2.24, 2.45) is 0 Å². The van der Waals surface area contributed by atoms with E-state index in [-0.39, 0.29) is 0 Å². The standard InChI is InChI=1S/C22HF15/c23-2-1-3(24)11(26)4(10(2)25)7-14(29)16(31)8(17(32)15(7)30)5-12(27)6-9(18(33)13(5)28)20(35)22(37)21(36)19(6)34/h1H. The first-order valence-electron chi connectivity index (χ1n) is 9.16. The van der Waals surface area contributed by atoms with E-state index in [1.807, 2.05) is 0 Å². The van der Waals surface area contributed by atoms with Crippen LogP contribution in [-0.4, -0.2) is 0 Å². The maximum atomic E-state index is 14.9. The maximum absolute atomic E-state index is 14.9. The van der Waals surface area contributed by atoms with E-state index in [2.05, 4.69) is 0 Å². The van der Waals surface area contributed by atoms with Crippen LogP contribution in [0.3, 0.4) is 0 Å². The van der Waals surface area contributed by atoms with Gasteiger partial charge in [0.15, 0.2) is 81.4 Å². The van der Waals surface area contributed by atoms with Crippen molar-refractivity contribution in [2.75, 3.05) is 0 Å². The molecule has 0 radical (unpaired) electrons. The summed E-state index contributed by atoms with van der Waals surface area (Å²) in [7, 11) is 0. The summed E-state index contributed by atoms with van der Waals surface area (Å²) in [6.07, 6.45) is 0. The first-order chi connectivity index (χ1) is 17.1. The van der Waals surface area contributed by atoms with E-state index < -0.39 is 126 Å². The number of rotatable bonds is 2. The molecule has 0 saturated carbocycles. The van der Waals surface area contributed by atoms with E-state index in [1.165, 1.54) is 0 Å². The van der Waals surface area contributed by atoms with Gasteiger partial charge >= 0.3 is 0 Å². The normalized spacial score (nSPS) is 11.6. The Morgan fingerprint density at radius 1 is 0.243 bits per heavy atom. The smallest absolute Gasteiger partial charge is 0.198 e. The zero-order valence-corrected chi connectivity index (χ0v) is 16.7. The molecule has 4 rings (SSSR count). The molecule has 0 atom stereocenters. The van der Waals surface area contributed by atoms with Gasteiger partial charge in [-0.05, 0) is 0 Å². The van der Waals surface area contributed by atoms with Crippen LogP contribution in [0.5, 0.6) is 0 Å². The van der Waals surface area contributed by atoms with Gasteiger partial charge in [0, 0.05) is 6.07 Å². The lowest BCUT2D eigenvalue weighted by atomic mass is 9.93. The first-order valence-corrected chi connectivity index (χ1v) is 9.16. The molecule has 0 bridgehead atoms. The molecule has 0 nitrogen and oxygen atoms in total. The largest absolute Gasteiger partial charge is 0.205 e. The number of fused-ring (bicyclic) bond motifs is 1. The van der Waals surface area contributed by atoms with Crippen LogP contribution in [0.25, 0.3) is 33.0 Å². The number of halogens is 15. The fourth-order valence-corrected chi connectivity index (χ4v) is 3.57. The highest BCUT2D eigenvalue weighted by Crippen LogP contribution is 2.44. The van der Waals surface area contributed by atoms with Gasteiger partial charge in [0.05, 0.1) is 33.0 Å². The van der Waals surface area contributed by atoms with E-state index in [1.54, 1.807) is 0 Å². The Hall–Kier alpha value is -3.91. The van der Waals surface area contributed by atoms with E-state index in [0.717, 1.165) is 0 Å². The van der Waals surface area contributed by atoms with Crippen molar-refractivity contribution in [3.63, 3.8) is 0 Å². The molecule has 0 saturated heterocycles. The second-order valence-electron chi connectivity index (χ2n) is 7.17. The Labute approximate surface area is 193 Å². The zero-order valence-electron chi connectivity index (χ0n) is 16.7. The molecule has 15 heteroatoms. The lowest BCUT2D eigenvalue weighted by Crippen LogP contribution is -2.11. The fourth-order valence-electron chi connectivity index (χ4n) is 3.57. The van der Waals surface area contributed by atoms with Crippen LogP contribution in [0.1, 0.15) is 0 Å². The van der Waals surface area contributed by atoms with Crippen molar-refractivity contribution in [1.29, 1.82) is 0 Å². The molecule has 194 valence electrons. The van der Waals surface area contributed by atoms with Crippen molar-refractivity contribution < 1.29 is 65.9 Å². The molecule has 0 aliphatic carbocycles. The molecule has 4 aromatic rings. The van der Waals surface area contributed by atoms with Gasteiger partial charge in [0.25, 0.3) is 0 Å². The van der Waals surface area contributed by atoms with E-state index in [0.29, 0.717) is 0 Å². The summed E-state index contributed by atoms with van der Waals surface area (Å²) < 4.78 is 213. The molecule has 0 spiro atoms. The molecule has 0 aromatic heterocycles. The number of hydrogen-bond donors (Lipinski definition) is 0. The molecule has 0 N–H and O–H groups in total. The summed E-state index contributed by atoms with van der Waals surface area (Å²) >= 11 is 0. The third-order valence-electron chi connectivity index (χ3n) is 5.21. The maximum Gasteiger partial charge on any atom is 0.198 e. The van der Waals surface area contributed by atoms with Gasteiger partial charge in [-0.2, -0.15) is 0 Å². The van der Waals surface area contributed by atoms with Crippen molar-refractivity contribution in [1.82, 2.24) is 0 Å². The Morgan fingerprint density at radius 2 is 0.486 bits per heavy atom. The second kappa shape index (κ2) is 8.59. The Kier molecular flexibility index (Phi) is 6.07.